The molecule has 18 heavy (non-hydrogen) atoms. The first kappa shape index (κ1) is 14.0. The van der Waals surface area contributed by atoms with E-state index < -0.39 is 11.9 Å². The maximum Gasteiger partial charge on any atom is 0.337 e. The number of amides is 1. The van der Waals surface area contributed by atoms with Crippen molar-refractivity contribution in [3.8, 4) is 0 Å². The maximum atomic E-state index is 11.5. The third-order valence-electron chi connectivity index (χ3n) is 2.04. The number of aromatic carboxylic acids is 1. The van der Waals surface area contributed by atoms with Gasteiger partial charge in [0.2, 0.25) is 5.91 Å². The van der Waals surface area contributed by atoms with Gasteiger partial charge in [0, 0.05) is 6.08 Å². The number of carbonyl (C=O) groups excluding carboxylic acids is 1. The zero-order valence-corrected chi connectivity index (χ0v) is 10.4. The van der Waals surface area contributed by atoms with E-state index in [-0.39, 0.29) is 16.3 Å². The van der Waals surface area contributed by atoms with Crippen molar-refractivity contribution >= 4 is 29.2 Å². The van der Waals surface area contributed by atoms with Gasteiger partial charge in [-0.2, -0.15) is 0 Å². The van der Waals surface area contributed by atoms with Crippen LogP contribution in [0, 0.1) is 0 Å². The number of para-hydroxylation sites is 1. The van der Waals surface area contributed by atoms with Crippen molar-refractivity contribution < 1.29 is 14.7 Å². The van der Waals surface area contributed by atoms with Gasteiger partial charge < -0.3 is 10.4 Å². The topological polar surface area (TPSA) is 66.4 Å². The van der Waals surface area contributed by atoms with Crippen molar-refractivity contribution in [2.24, 2.45) is 0 Å². The van der Waals surface area contributed by atoms with Gasteiger partial charge in [0.05, 0.1) is 16.3 Å². The van der Waals surface area contributed by atoms with E-state index in [0.29, 0.717) is 0 Å². The molecule has 0 aliphatic heterocycles. The highest BCUT2D eigenvalue weighted by Gasteiger charge is 2.14. The number of carbonyl (C=O) groups is 2. The number of benzene rings is 1. The summed E-state index contributed by atoms with van der Waals surface area (Å²) in [5.74, 6) is -1.59. The molecule has 2 N–H and O–H groups in total. The number of anilines is 1. The van der Waals surface area contributed by atoms with Crippen LogP contribution < -0.4 is 5.32 Å². The minimum absolute atomic E-state index is 0.0460. The molecule has 1 aromatic rings. The summed E-state index contributed by atoms with van der Waals surface area (Å²) >= 11 is 5.86. The Labute approximate surface area is 110 Å². The van der Waals surface area contributed by atoms with Crippen LogP contribution >= 0.6 is 11.6 Å². The lowest BCUT2D eigenvalue weighted by Crippen LogP contribution is -2.12. The Morgan fingerprint density at radius 2 is 2.06 bits per heavy atom. The van der Waals surface area contributed by atoms with E-state index >= 15 is 0 Å². The molecular weight excluding hydrogens is 254 g/mol. The van der Waals surface area contributed by atoms with Crippen LogP contribution in [-0.4, -0.2) is 17.0 Å². The van der Waals surface area contributed by atoms with Gasteiger partial charge in [0.25, 0.3) is 0 Å². The number of halogens is 1. The lowest BCUT2D eigenvalue weighted by Gasteiger charge is -2.08. The SMILES string of the molecule is C/C=C/C=C/C(=O)Nc1c(Cl)cccc1C(=O)O. The molecule has 1 aromatic carbocycles. The molecule has 0 fully saturated rings. The number of rotatable bonds is 4. The highest BCUT2D eigenvalue weighted by Crippen LogP contribution is 2.25. The summed E-state index contributed by atoms with van der Waals surface area (Å²) in [6.45, 7) is 1.82. The van der Waals surface area contributed by atoms with E-state index in [1.165, 1.54) is 24.3 Å². The van der Waals surface area contributed by atoms with Crippen LogP contribution in [0.1, 0.15) is 17.3 Å². The number of nitrogens with one attached hydrogen (secondary N) is 1. The van der Waals surface area contributed by atoms with Crippen LogP contribution in [0.5, 0.6) is 0 Å². The van der Waals surface area contributed by atoms with Crippen molar-refractivity contribution in [1.82, 2.24) is 0 Å². The number of carboxylic acids is 1. The van der Waals surface area contributed by atoms with Crippen molar-refractivity contribution in [3.63, 3.8) is 0 Å². The molecule has 0 spiro atoms. The van der Waals surface area contributed by atoms with Gasteiger partial charge in [0.1, 0.15) is 0 Å². The summed E-state index contributed by atoms with van der Waals surface area (Å²) in [6, 6.07) is 4.40. The van der Waals surface area contributed by atoms with Crippen LogP contribution in [0.25, 0.3) is 0 Å². The molecule has 0 aromatic heterocycles. The lowest BCUT2D eigenvalue weighted by atomic mass is 10.2. The minimum Gasteiger partial charge on any atom is -0.478 e. The van der Waals surface area contributed by atoms with Gasteiger partial charge in [-0.15, -0.1) is 0 Å². The summed E-state index contributed by atoms with van der Waals surface area (Å²) in [5.41, 5.74) is 0.0529. The Hall–Kier alpha value is -2.07. The Balaban J connectivity index is 2.96. The van der Waals surface area contributed by atoms with E-state index in [0.717, 1.165) is 0 Å². The fourth-order valence-electron chi connectivity index (χ4n) is 1.25. The van der Waals surface area contributed by atoms with Crippen LogP contribution in [0.3, 0.4) is 0 Å². The van der Waals surface area contributed by atoms with Crippen molar-refractivity contribution in [2.75, 3.05) is 5.32 Å². The molecule has 0 heterocycles. The first-order valence-electron chi connectivity index (χ1n) is 5.18. The van der Waals surface area contributed by atoms with Gasteiger partial charge in [-0.3, -0.25) is 4.79 Å². The number of hydrogen-bond acceptors (Lipinski definition) is 2. The number of carboxylic acid groups (broad SMARTS) is 1. The largest absolute Gasteiger partial charge is 0.478 e. The predicted molar refractivity (Wildman–Crippen MR) is 71.0 cm³/mol. The molecule has 0 saturated heterocycles. The monoisotopic (exact) mass is 265 g/mol. The fraction of sp³-hybridized carbons (Fsp3) is 0.0769. The third-order valence-corrected chi connectivity index (χ3v) is 2.36. The highest BCUT2D eigenvalue weighted by molar-refractivity contribution is 6.34. The third kappa shape index (κ3) is 3.75. The van der Waals surface area contributed by atoms with Gasteiger partial charge in [-0.1, -0.05) is 35.9 Å². The van der Waals surface area contributed by atoms with Crippen molar-refractivity contribution in [1.29, 1.82) is 0 Å². The van der Waals surface area contributed by atoms with Gasteiger partial charge in [-0.25, -0.2) is 4.79 Å². The summed E-state index contributed by atoms with van der Waals surface area (Å²) in [5, 5.41) is 11.6. The molecule has 0 atom stereocenters. The summed E-state index contributed by atoms with van der Waals surface area (Å²) < 4.78 is 0. The summed E-state index contributed by atoms with van der Waals surface area (Å²) in [7, 11) is 0. The van der Waals surface area contributed by atoms with Crippen LogP contribution in [0.4, 0.5) is 5.69 Å². The molecule has 4 nitrogen and oxygen atoms in total. The van der Waals surface area contributed by atoms with Gasteiger partial charge >= 0.3 is 5.97 Å². The lowest BCUT2D eigenvalue weighted by molar-refractivity contribution is -0.111. The Kier molecular flexibility index (Phi) is 5.14. The summed E-state index contributed by atoms with van der Waals surface area (Å²) in [4.78, 5) is 22.5. The molecule has 0 bridgehead atoms. The molecule has 0 radical (unpaired) electrons. The van der Waals surface area contributed by atoms with Crippen LogP contribution in [-0.2, 0) is 4.79 Å². The molecule has 0 saturated carbocycles. The van der Waals surface area contributed by atoms with E-state index in [4.69, 9.17) is 16.7 Å². The zero-order valence-electron chi connectivity index (χ0n) is 9.68. The second-order valence-corrected chi connectivity index (χ2v) is 3.75. The minimum atomic E-state index is -1.15. The van der Waals surface area contributed by atoms with Crippen LogP contribution in [0.2, 0.25) is 5.02 Å². The summed E-state index contributed by atoms with van der Waals surface area (Å²) in [6.07, 6.45) is 6.29. The molecule has 94 valence electrons. The Morgan fingerprint density at radius 3 is 2.67 bits per heavy atom. The van der Waals surface area contributed by atoms with E-state index in [2.05, 4.69) is 5.32 Å². The second-order valence-electron chi connectivity index (χ2n) is 3.34. The average molecular weight is 266 g/mol. The normalized spacial score (nSPS) is 11.0. The average Bonchev–Trinajstić information content (AvgIpc) is 2.31. The van der Waals surface area contributed by atoms with Crippen LogP contribution in [0.15, 0.2) is 42.5 Å². The fourth-order valence-corrected chi connectivity index (χ4v) is 1.47. The standard InChI is InChI=1S/C13H12ClNO3/c1-2-3-4-8-11(16)15-12-9(13(17)18)6-5-7-10(12)14/h2-8H,1H3,(H,15,16)(H,17,18)/b3-2+,8-4+. The second kappa shape index (κ2) is 6.61. The van der Waals surface area contributed by atoms with Crippen molar-refractivity contribution in [3.05, 3.63) is 53.1 Å². The Bertz CT molecular complexity index is 521. The molecule has 0 unspecified atom stereocenters. The molecule has 1 amide bonds. The molecule has 0 aliphatic rings. The zero-order chi connectivity index (χ0) is 13.5. The number of hydrogen-bond donors (Lipinski definition) is 2. The first-order valence-corrected chi connectivity index (χ1v) is 5.56. The van der Waals surface area contributed by atoms with Gasteiger partial charge in [0.15, 0.2) is 0 Å². The molecule has 5 heteroatoms. The van der Waals surface area contributed by atoms with Crippen molar-refractivity contribution in [2.45, 2.75) is 6.92 Å². The molecular formula is C13H12ClNO3. The predicted octanol–water partition coefficient (Wildman–Crippen LogP) is 3.11. The molecule has 0 aliphatic carbocycles. The van der Waals surface area contributed by atoms with E-state index in [1.807, 2.05) is 6.92 Å². The van der Waals surface area contributed by atoms with E-state index in [1.54, 1.807) is 18.2 Å². The smallest absolute Gasteiger partial charge is 0.337 e. The first-order chi connectivity index (χ1) is 8.56. The van der Waals surface area contributed by atoms with Gasteiger partial charge in [-0.05, 0) is 19.1 Å². The Morgan fingerprint density at radius 1 is 1.33 bits per heavy atom. The van der Waals surface area contributed by atoms with E-state index in [9.17, 15) is 9.59 Å². The maximum absolute atomic E-state index is 11.5. The molecule has 1 rings (SSSR count). The number of allylic oxidation sites excluding steroid dienone is 3. The highest BCUT2D eigenvalue weighted by atomic mass is 35.5. The quantitative estimate of drug-likeness (QED) is 0.649.